The summed E-state index contributed by atoms with van der Waals surface area (Å²) in [6.45, 7) is 4.51. The normalized spacial score (nSPS) is 20.3. The van der Waals surface area contributed by atoms with Crippen molar-refractivity contribution in [3.63, 3.8) is 0 Å². The molecule has 0 radical (unpaired) electrons. The number of aromatic nitrogens is 2. The molecule has 4 atom stereocenters. The highest BCUT2D eigenvalue weighted by molar-refractivity contribution is 14.1. The molecule has 12 heteroatoms. The minimum atomic E-state index is -1.31. The molecule has 1 aliphatic rings. The van der Waals surface area contributed by atoms with Gasteiger partial charge in [-0.15, -0.1) is 0 Å². The molecule has 204 valence electrons. The molecule has 0 unspecified atom stereocenters. The van der Waals surface area contributed by atoms with Gasteiger partial charge >= 0.3 is 23.6 Å². The van der Waals surface area contributed by atoms with Gasteiger partial charge in [0.1, 0.15) is 12.7 Å². The lowest BCUT2D eigenvalue weighted by molar-refractivity contribution is -0.156. The molecule has 1 N–H and O–H groups in total. The topological polar surface area (TPSA) is 143 Å². The van der Waals surface area contributed by atoms with Gasteiger partial charge < -0.3 is 18.9 Å². The molecule has 2 heterocycles. The number of hydrogen-bond donors (Lipinski definition) is 1. The first-order valence-corrected chi connectivity index (χ1v) is 13.0. The van der Waals surface area contributed by atoms with E-state index in [9.17, 15) is 24.0 Å². The van der Waals surface area contributed by atoms with Gasteiger partial charge in [-0.05, 0) is 60.7 Å². The highest BCUT2D eigenvalue weighted by Crippen LogP contribution is 2.34. The summed E-state index contributed by atoms with van der Waals surface area (Å²) < 4.78 is 23.9. The fourth-order valence-electron chi connectivity index (χ4n) is 3.99. The van der Waals surface area contributed by atoms with E-state index in [2.05, 4.69) is 4.98 Å². The minimum Gasteiger partial charge on any atom is -0.459 e. The van der Waals surface area contributed by atoms with E-state index in [0.29, 0.717) is 5.56 Å². The van der Waals surface area contributed by atoms with E-state index in [1.807, 2.05) is 13.8 Å². The van der Waals surface area contributed by atoms with Crippen LogP contribution in [0.5, 0.6) is 0 Å². The van der Waals surface area contributed by atoms with Gasteiger partial charge in [0.05, 0.1) is 14.7 Å². The molecule has 1 fully saturated rings. The maximum atomic E-state index is 13.0. The van der Waals surface area contributed by atoms with Gasteiger partial charge in [0, 0.05) is 13.1 Å². The van der Waals surface area contributed by atoms with E-state index in [0.717, 1.165) is 22.6 Å². The minimum absolute atomic E-state index is 0.167. The van der Waals surface area contributed by atoms with Crippen LogP contribution >= 0.6 is 22.6 Å². The highest BCUT2D eigenvalue weighted by Gasteiger charge is 2.51. The van der Waals surface area contributed by atoms with Crippen LogP contribution in [0.15, 0.2) is 64.3 Å². The second-order valence-corrected chi connectivity index (χ2v) is 10.1. The smallest absolute Gasteiger partial charge is 0.338 e. The highest BCUT2D eigenvalue weighted by atomic mass is 127. The van der Waals surface area contributed by atoms with Crippen molar-refractivity contribution in [2.45, 2.75) is 45.3 Å². The average Bonchev–Trinajstić information content (AvgIpc) is 3.21. The third-order valence-corrected chi connectivity index (χ3v) is 6.75. The number of aryl methyl sites for hydroxylation is 2. The number of halogens is 1. The monoisotopic (exact) mass is 648 g/mol. The first kappa shape index (κ1) is 28.2. The third-order valence-electron chi connectivity index (χ3n) is 5.98. The Morgan fingerprint density at radius 3 is 2.03 bits per heavy atom. The van der Waals surface area contributed by atoms with Gasteiger partial charge in [0.25, 0.3) is 5.56 Å². The predicted octanol–water partition coefficient (Wildman–Crippen LogP) is 2.67. The second kappa shape index (κ2) is 11.9. The number of H-pyrrole nitrogens is 1. The van der Waals surface area contributed by atoms with Gasteiger partial charge in [0.2, 0.25) is 0 Å². The third kappa shape index (κ3) is 6.63. The van der Waals surface area contributed by atoms with E-state index in [1.165, 1.54) is 6.20 Å². The number of aromatic amines is 1. The van der Waals surface area contributed by atoms with Crippen LogP contribution in [0, 0.1) is 17.4 Å². The molecule has 0 bridgehead atoms. The summed E-state index contributed by atoms with van der Waals surface area (Å²) in [5.74, 6) is -2.11. The molecule has 11 nitrogen and oxygen atoms in total. The van der Waals surface area contributed by atoms with Crippen molar-refractivity contribution in [3.05, 3.63) is 101 Å². The standard InChI is InChI=1S/C27H25IN2O9/c1-14-4-8-17(9-5-14)25(33)36-13-20-21(39-26(34)18-10-6-15(2)7-11-18)22(37-16(3)31)24(38-20)30-12-19(28)23(32)29-27(30)35/h4-12,20-22,24H,13H2,1-3H3,(H,29,32,35)/t20-,21-,22-,24-/m1/s1. The van der Waals surface area contributed by atoms with Crippen LogP contribution in [-0.4, -0.2) is 52.4 Å². The van der Waals surface area contributed by atoms with Crippen molar-refractivity contribution < 1.29 is 33.3 Å². The lowest BCUT2D eigenvalue weighted by Crippen LogP contribution is -2.43. The van der Waals surface area contributed by atoms with Crippen molar-refractivity contribution in [1.29, 1.82) is 0 Å². The van der Waals surface area contributed by atoms with Crippen LogP contribution in [0.25, 0.3) is 0 Å². The maximum Gasteiger partial charge on any atom is 0.338 e. The maximum absolute atomic E-state index is 13.0. The predicted molar refractivity (Wildman–Crippen MR) is 145 cm³/mol. The van der Waals surface area contributed by atoms with Gasteiger partial charge in [-0.1, -0.05) is 35.4 Å². The van der Waals surface area contributed by atoms with Crippen LogP contribution in [0.1, 0.15) is 45.0 Å². The molecule has 0 spiro atoms. The van der Waals surface area contributed by atoms with E-state index >= 15 is 0 Å². The first-order valence-electron chi connectivity index (χ1n) is 11.9. The summed E-state index contributed by atoms with van der Waals surface area (Å²) in [6.07, 6.45) is -3.76. The summed E-state index contributed by atoms with van der Waals surface area (Å²) in [5.41, 5.74) is 0.986. The second-order valence-electron chi connectivity index (χ2n) is 8.98. The fourth-order valence-corrected chi connectivity index (χ4v) is 4.42. The summed E-state index contributed by atoms with van der Waals surface area (Å²) in [7, 11) is 0. The zero-order chi connectivity index (χ0) is 28.3. The molecular weight excluding hydrogens is 623 g/mol. The summed E-state index contributed by atoms with van der Waals surface area (Å²) in [6, 6.07) is 13.3. The van der Waals surface area contributed by atoms with E-state index < -0.39 is 53.7 Å². The number of esters is 3. The Kier molecular flexibility index (Phi) is 8.65. The molecule has 1 saturated heterocycles. The number of carbonyl (C=O) groups is 3. The van der Waals surface area contributed by atoms with Crippen molar-refractivity contribution in [2.75, 3.05) is 6.61 Å². The molecule has 1 aliphatic heterocycles. The lowest BCUT2D eigenvalue weighted by Gasteiger charge is -2.24. The molecule has 39 heavy (non-hydrogen) atoms. The van der Waals surface area contributed by atoms with E-state index in [4.69, 9.17) is 18.9 Å². The number of benzene rings is 2. The molecular formula is C27H25IN2O9. The Balaban J connectivity index is 1.67. The Labute approximate surface area is 236 Å². The van der Waals surface area contributed by atoms with Crippen LogP contribution < -0.4 is 11.2 Å². The number of nitrogens with one attached hydrogen (secondary N) is 1. The first-order chi connectivity index (χ1) is 18.5. The van der Waals surface area contributed by atoms with Crippen LogP contribution in [0.2, 0.25) is 0 Å². The van der Waals surface area contributed by atoms with Gasteiger partial charge in [-0.2, -0.15) is 0 Å². The Morgan fingerprint density at radius 1 is 0.897 bits per heavy atom. The van der Waals surface area contributed by atoms with Crippen molar-refractivity contribution in [2.24, 2.45) is 0 Å². The molecule has 0 amide bonds. The summed E-state index contributed by atoms with van der Waals surface area (Å²) in [5, 5.41) is 0. The van der Waals surface area contributed by atoms with Crippen molar-refractivity contribution in [1.82, 2.24) is 9.55 Å². The molecule has 1 aromatic heterocycles. The lowest BCUT2D eigenvalue weighted by atomic mass is 10.1. The summed E-state index contributed by atoms with van der Waals surface area (Å²) >= 11 is 1.74. The van der Waals surface area contributed by atoms with E-state index in [-0.39, 0.29) is 15.7 Å². The van der Waals surface area contributed by atoms with Crippen molar-refractivity contribution in [3.8, 4) is 0 Å². The number of hydrogen-bond acceptors (Lipinski definition) is 9. The van der Waals surface area contributed by atoms with E-state index in [1.54, 1.807) is 71.1 Å². The number of ether oxygens (including phenoxy) is 4. The molecule has 3 aromatic rings. The molecule has 0 saturated carbocycles. The molecule has 2 aromatic carbocycles. The zero-order valence-electron chi connectivity index (χ0n) is 21.2. The number of rotatable bonds is 7. The van der Waals surface area contributed by atoms with Crippen LogP contribution in [-0.2, 0) is 23.7 Å². The zero-order valence-corrected chi connectivity index (χ0v) is 23.4. The Morgan fingerprint density at radius 2 is 1.46 bits per heavy atom. The van der Waals surface area contributed by atoms with Gasteiger partial charge in [-0.25, -0.2) is 14.4 Å². The van der Waals surface area contributed by atoms with Crippen molar-refractivity contribution >= 4 is 40.5 Å². The molecule has 4 rings (SSSR count). The average molecular weight is 648 g/mol. The molecule has 0 aliphatic carbocycles. The number of carbonyl (C=O) groups excluding carboxylic acids is 3. The SMILES string of the molecule is CC(=O)O[C@@H]1[C@H](OC(=O)c2ccc(C)cc2)[C@@H](COC(=O)c2ccc(C)cc2)O[C@H]1n1cc(I)c(=O)[nH]c1=O. The van der Waals surface area contributed by atoms with Gasteiger partial charge in [-0.3, -0.25) is 19.1 Å². The van der Waals surface area contributed by atoms with Crippen LogP contribution in [0.4, 0.5) is 0 Å². The summed E-state index contributed by atoms with van der Waals surface area (Å²) in [4.78, 5) is 64.5. The largest absolute Gasteiger partial charge is 0.459 e. The van der Waals surface area contributed by atoms with Crippen LogP contribution in [0.3, 0.4) is 0 Å². The quantitative estimate of drug-likeness (QED) is 0.233. The fraction of sp³-hybridized carbons (Fsp3) is 0.296. The van der Waals surface area contributed by atoms with Gasteiger partial charge in [0.15, 0.2) is 18.4 Å². The Bertz CT molecular complexity index is 1500. The Hall–Kier alpha value is -3.78. The number of nitrogens with zero attached hydrogens (tertiary/aromatic N) is 1.